The number of carboxylic acids is 1. The molecule has 2 N–H and O–H groups in total. The topological polar surface area (TPSA) is 58.6 Å². The third-order valence-electron chi connectivity index (χ3n) is 3.12. The quantitative estimate of drug-likeness (QED) is 0.753. The van der Waals surface area contributed by atoms with Crippen LogP contribution in [0.3, 0.4) is 0 Å². The summed E-state index contributed by atoms with van der Waals surface area (Å²) < 4.78 is 5.11. The third kappa shape index (κ3) is 4.44. The smallest absolute Gasteiger partial charge is 0.323 e. The Morgan fingerprint density at radius 3 is 2.47 bits per heavy atom. The molecule has 0 aliphatic rings. The van der Waals surface area contributed by atoms with Crippen LogP contribution in [0.2, 0.25) is 0 Å². The van der Waals surface area contributed by atoms with Crippen molar-refractivity contribution in [3.05, 3.63) is 24.3 Å². The molecule has 4 nitrogen and oxygen atoms in total. The Hall–Kier alpha value is -1.20. The molecule has 0 aliphatic heterocycles. The first-order chi connectivity index (χ1) is 8.91. The fourth-order valence-corrected chi connectivity index (χ4v) is 2.97. The molecule has 0 bridgehead atoms. The molecule has 1 rings (SSSR count). The Morgan fingerprint density at radius 2 is 2.05 bits per heavy atom. The van der Waals surface area contributed by atoms with E-state index in [9.17, 15) is 9.90 Å². The van der Waals surface area contributed by atoms with E-state index in [1.165, 1.54) is 0 Å². The van der Waals surface area contributed by atoms with Crippen molar-refractivity contribution in [2.24, 2.45) is 0 Å². The van der Waals surface area contributed by atoms with E-state index in [2.05, 4.69) is 5.32 Å². The number of carboxylic acid groups (broad SMARTS) is 1. The molecule has 2 atom stereocenters. The minimum atomic E-state index is -0.890. The lowest BCUT2D eigenvalue weighted by molar-refractivity contribution is -0.144. The largest absolute Gasteiger partial charge is 0.497 e. The van der Waals surface area contributed by atoms with E-state index in [1.54, 1.807) is 32.8 Å². The van der Waals surface area contributed by atoms with Crippen LogP contribution >= 0.6 is 11.8 Å². The molecule has 0 aliphatic carbocycles. The number of methoxy groups -OCH3 is 1. The summed E-state index contributed by atoms with van der Waals surface area (Å²) in [5.74, 6) is -0.000201. The van der Waals surface area contributed by atoms with Crippen molar-refractivity contribution in [1.29, 1.82) is 0 Å². The fourth-order valence-electron chi connectivity index (χ4n) is 1.80. The second-order valence-electron chi connectivity index (χ2n) is 4.70. The summed E-state index contributed by atoms with van der Waals surface area (Å²) in [7, 11) is 3.31. The van der Waals surface area contributed by atoms with Gasteiger partial charge < -0.3 is 15.2 Å². The first-order valence-electron chi connectivity index (χ1n) is 6.14. The molecule has 0 amide bonds. The maximum Gasteiger partial charge on any atom is 0.323 e. The summed E-state index contributed by atoms with van der Waals surface area (Å²) in [5, 5.41) is 12.3. The lowest BCUT2D eigenvalue weighted by atomic mass is 9.96. The molecular weight excluding hydrogens is 262 g/mol. The van der Waals surface area contributed by atoms with E-state index in [4.69, 9.17) is 4.74 Å². The van der Waals surface area contributed by atoms with Crippen LogP contribution in [0.25, 0.3) is 0 Å². The summed E-state index contributed by atoms with van der Waals surface area (Å²) in [6.45, 7) is 3.74. The number of nitrogens with one attached hydrogen (secondary N) is 1. The summed E-state index contributed by atoms with van der Waals surface area (Å²) in [6, 6.07) is 7.78. The number of ether oxygens (including phenoxy) is 1. The minimum Gasteiger partial charge on any atom is -0.497 e. The fraction of sp³-hybridized carbons (Fsp3) is 0.500. The van der Waals surface area contributed by atoms with Crippen LogP contribution < -0.4 is 10.1 Å². The zero-order valence-electron chi connectivity index (χ0n) is 11.8. The molecule has 0 saturated carbocycles. The number of aliphatic carboxylic acids is 1. The molecule has 0 heterocycles. The van der Waals surface area contributed by atoms with Crippen LogP contribution in [-0.2, 0) is 4.79 Å². The minimum absolute atomic E-state index is 0.196. The van der Waals surface area contributed by atoms with Crippen LogP contribution in [0.15, 0.2) is 29.2 Å². The SMILES string of the molecule is CNC(C)(CC(C)Sc1ccc(OC)cc1)C(=O)O. The predicted molar refractivity (Wildman–Crippen MR) is 78.0 cm³/mol. The Morgan fingerprint density at radius 1 is 1.47 bits per heavy atom. The van der Waals surface area contributed by atoms with E-state index < -0.39 is 11.5 Å². The van der Waals surface area contributed by atoms with Gasteiger partial charge in [-0.15, -0.1) is 11.8 Å². The second kappa shape index (κ2) is 6.82. The van der Waals surface area contributed by atoms with E-state index in [1.807, 2.05) is 31.2 Å². The molecule has 1 aromatic rings. The lowest BCUT2D eigenvalue weighted by Crippen LogP contribution is -2.49. The summed E-state index contributed by atoms with van der Waals surface area (Å²) in [4.78, 5) is 12.3. The van der Waals surface area contributed by atoms with Crippen molar-refractivity contribution in [1.82, 2.24) is 5.32 Å². The Balaban J connectivity index is 2.63. The molecule has 2 unspecified atom stereocenters. The first kappa shape index (κ1) is 15.9. The number of rotatable bonds is 7. The number of thioether (sulfide) groups is 1. The van der Waals surface area contributed by atoms with Crippen molar-refractivity contribution in [3.63, 3.8) is 0 Å². The molecule has 0 saturated heterocycles. The summed E-state index contributed by atoms with van der Waals surface area (Å²) >= 11 is 1.66. The number of carbonyl (C=O) groups is 1. The van der Waals surface area contributed by atoms with Gasteiger partial charge in [0, 0.05) is 10.1 Å². The number of hydrogen-bond donors (Lipinski definition) is 2. The van der Waals surface area contributed by atoms with Crippen molar-refractivity contribution in [2.75, 3.05) is 14.2 Å². The maximum atomic E-state index is 11.2. The predicted octanol–water partition coefficient (Wildman–Crippen LogP) is 2.63. The van der Waals surface area contributed by atoms with Crippen molar-refractivity contribution >= 4 is 17.7 Å². The average Bonchev–Trinajstić information content (AvgIpc) is 2.39. The zero-order valence-corrected chi connectivity index (χ0v) is 12.6. The highest BCUT2D eigenvalue weighted by Gasteiger charge is 2.33. The highest BCUT2D eigenvalue weighted by atomic mass is 32.2. The molecule has 106 valence electrons. The molecular formula is C14H21NO3S. The zero-order chi connectivity index (χ0) is 14.5. The molecule has 0 aromatic heterocycles. The van der Waals surface area contributed by atoms with Gasteiger partial charge in [-0.3, -0.25) is 4.79 Å². The van der Waals surface area contributed by atoms with Gasteiger partial charge in [0.2, 0.25) is 0 Å². The first-order valence-corrected chi connectivity index (χ1v) is 7.02. The van der Waals surface area contributed by atoms with Crippen molar-refractivity contribution < 1.29 is 14.6 Å². The number of hydrogen-bond acceptors (Lipinski definition) is 4. The Kier molecular flexibility index (Phi) is 5.69. The summed E-state index contributed by atoms with van der Waals surface area (Å²) in [5.41, 5.74) is -0.890. The van der Waals surface area contributed by atoms with Crippen molar-refractivity contribution in [3.8, 4) is 5.75 Å². The number of benzene rings is 1. The van der Waals surface area contributed by atoms with E-state index >= 15 is 0 Å². The number of likely N-dealkylation sites (N-methyl/N-ethyl adjacent to an activating group) is 1. The normalized spacial score (nSPS) is 15.6. The van der Waals surface area contributed by atoms with Crippen LogP contribution in [0.4, 0.5) is 0 Å². The van der Waals surface area contributed by atoms with Gasteiger partial charge in [0.25, 0.3) is 0 Å². The highest BCUT2D eigenvalue weighted by molar-refractivity contribution is 7.99. The monoisotopic (exact) mass is 283 g/mol. The summed E-state index contributed by atoms with van der Waals surface area (Å²) in [6.07, 6.45) is 0.551. The van der Waals surface area contributed by atoms with E-state index in [-0.39, 0.29) is 5.25 Å². The van der Waals surface area contributed by atoms with Crippen LogP contribution in [0.1, 0.15) is 20.3 Å². The lowest BCUT2D eigenvalue weighted by Gasteiger charge is -2.27. The van der Waals surface area contributed by atoms with Gasteiger partial charge in [0.15, 0.2) is 0 Å². The third-order valence-corrected chi connectivity index (χ3v) is 4.23. The van der Waals surface area contributed by atoms with Crippen LogP contribution in [0, 0.1) is 0 Å². The second-order valence-corrected chi connectivity index (χ2v) is 6.21. The maximum absolute atomic E-state index is 11.2. The van der Waals surface area contributed by atoms with Gasteiger partial charge in [-0.05, 0) is 44.7 Å². The molecule has 0 radical (unpaired) electrons. The van der Waals surface area contributed by atoms with Gasteiger partial charge in [-0.2, -0.15) is 0 Å². The van der Waals surface area contributed by atoms with Crippen LogP contribution in [0.5, 0.6) is 5.75 Å². The van der Waals surface area contributed by atoms with Gasteiger partial charge in [0.1, 0.15) is 11.3 Å². The van der Waals surface area contributed by atoms with E-state index in [0.717, 1.165) is 10.6 Å². The molecule has 0 spiro atoms. The van der Waals surface area contributed by atoms with Gasteiger partial charge in [-0.1, -0.05) is 6.92 Å². The average molecular weight is 283 g/mol. The Labute approximate surface area is 118 Å². The highest BCUT2D eigenvalue weighted by Crippen LogP contribution is 2.29. The van der Waals surface area contributed by atoms with Gasteiger partial charge in [-0.25, -0.2) is 0 Å². The van der Waals surface area contributed by atoms with Crippen molar-refractivity contribution in [2.45, 2.75) is 36.0 Å². The molecule has 1 aromatic carbocycles. The van der Waals surface area contributed by atoms with Gasteiger partial charge >= 0.3 is 5.97 Å². The molecule has 5 heteroatoms. The standard InChI is InChI=1S/C14H21NO3S/c1-10(9-14(2,15-3)13(16)17)19-12-7-5-11(18-4)6-8-12/h5-8,10,15H,9H2,1-4H3,(H,16,17). The Bertz CT molecular complexity index is 421. The molecule has 0 fully saturated rings. The van der Waals surface area contributed by atoms with Crippen LogP contribution in [-0.4, -0.2) is 36.0 Å². The van der Waals surface area contributed by atoms with E-state index in [0.29, 0.717) is 6.42 Å². The molecule has 19 heavy (non-hydrogen) atoms. The van der Waals surface area contributed by atoms with Gasteiger partial charge in [0.05, 0.1) is 7.11 Å².